The highest BCUT2D eigenvalue weighted by Gasteiger charge is 2.72. The Labute approximate surface area is 227 Å². The van der Waals surface area contributed by atoms with Crippen LogP contribution in [0.2, 0.25) is 0 Å². The van der Waals surface area contributed by atoms with Crippen LogP contribution in [0.5, 0.6) is 11.5 Å². The molecule has 0 saturated carbocycles. The highest BCUT2D eigenvalue weighted by molar-refractivity contribution is 5.85. The summed E-state index contributed by atoms with van der Waals surface area (Å²) in [5.41, 5.74) is -0.422. The zero-order valence-corrected chi connectivity index (χ0v) is 21.7. The van der Waals surface area contributed by atoms with Crippen molar-refractivity contribution >= 4 is 17.9 Å². The van der Waals surface area contributed by atoms with Crippen molar-refractivity contribution in [3.63, 3.8) is 0 Å². The zero-order valence-electron chi connectivity index (χ0n) is 21.7. The van der Waals surface area contributed by atoms with Gasteiger partial charge < -0.3 is 54.5 Å². The third-order valence-corrected chi connectivity index (χ3v) is 8.55. The first-order valence-electron chi connectivity index (χ1n) is 12.7. The average Bonchev–Trinajstić information content (AvgIpc) is 3.26. The van der Waals surface area contributed by atoms with Gasteiger partial charge in [-0.25, -0.2) is 9.59 Å². The van der Waals surface area contributed by atoms with Gasteiger partial charge in [0.1, 0.15) is 11.9 Å². The van der Waals surface area contributed by atoms with Crippen molar-refractivity contribution in [1.82, 2.24) is 4.90 Å². The molecular weight excluding hydrogens is 534 g/mol. The lowest BCUT2D eigenvalue weighted by atomic mass is 9.50. The molecule has 2 heterocycles. The summed E-state index contributed by atoms with van der Waals surface area (Å²) < 4.78 is 22.1. The topological polar surface area (TPSA) is 213 Å². The zero-order chi connectivity index (χ0) is 29.1. The van der Waals surface area contributed by atoms with E-state index in [2.05, 4.69) is 9.64 Å². The summed E-state index contributed by atoms with van der Waals surface area (Å²) in [6, 6.07) is 3.49. The number of benzene rings is 1. The molecule has 0 unspecified atom stereocenters. The number of carboxylic acids is 1. The number of esters is 2. The summed E-state index contributed by atoms with van der Waals surface area (Å²) in [7, 11) is 3.44. The van der Waals surface area contributed by atoms with E-state index in [9.17, 15) is 34.8 Å². The molecule has 40 heavy (non-hydrogen) atoms. The highest BCUT2D eigenvalue weighted by Crippen LogP contribution is 2.65. The Bertz CT molecular complexity index is 1260. The summed E-state index contributed by atoms with van der Waals surface area (Å²) in [6.45, 7) is 0.637. The van der Waals surface area contributed by atoms with Gasteiger partial charge in [0.2, 0.25) is 6.10 Å². The number of likely N-dealkylation sites (N-methyl/N-ethyl adjacent to an activating group) is 1. The monoisotopic (exact) mass is 565 g/mol. The van der Waals surface area contributed by atoms with E-state index >= 15 is 0 Å². The Kier molecular flexibility index (Phi) is 7.05. The second-order valence-electron chi connectivity index (χ2n) is 10.6. The van der Waals surface area contributed by atoms with Crippen LogP contribution in [0.1, 0.15) is 30.4 Å². The van der Waals surface area contributed by atoms with Crippen LogP contribution in [-0.2, 0) is 35.7 Å². The summed E-state index contributed by atoms with van der Waals surface area (Å²) in [5, 5.41) is 58.6. The first kappa shape index (κ1) is 28.3. The van der Waals surface area contributed by atoms with Crippen LogP contribution < -0.4 is 9.47 Å². The minimum absolute atomic E-state index is 0.0680. The van der Waals surface area contributed by atoms with E-state index in [1.165, 1.54) is 7.11 Å². The lowest BCUT2D eigenvalue weighted by molar-refractivity contribution is -0.192. The molecule has 1 saturated heterocycles. The fourth-order valence-corrected chi connectivity index (χ4v) is 6.60. The van der Waals surface area contributed by atoms with Crippen LogP contribution in [0.15, 0.2) is 24.0 Å². The van der Waals surface area contributed by atoms with Crippen LogP contribution in [0.4, 0.5) is 0 Å². The standard InChI is InChI=1S/C26H31NO13/c1-27-8-7-25-17-11-3-4-12(37-2)20(17)40-21(25)13(5-6-26(25,36)15(27)9-11)38-16(28)10-14(22(31)32)39-24(35)19(30)18(29)23(33)34/h3-5,14-15,18-19,21,23,29-30,33-34,36H,6-10H2,1-2H3,(H,31,32)/t14-,15+,18+,19+,21-,25-,26+/m0/s1. The minimum Gasteiger partial charge on any atom is -0.493 e. The SMILES string of the molecule is COc1ccc2c3c1O[C@H]1C(OC(=O)C[C@H](OC(=O)[C@H](O)[C@@H](O)C(O)O)C(=O)O)=CC[C@@]4(O)[C@@H](C2)N(C)CC[C@]314. The molecule has 1 aromatic carbocycles. The fourth-order valence-electron chi connectivity index (χ4n) is 6.60. The number of aliphatic hydroxyl groups excluding tert-OH is 3. The number of aliphatic hydroxyl groups is 5. The van der Waals surface area contributed by atoms with Gasteiger partial charge in [0.15, 0.2) is 30.0 Å². The number of likely N-dealkylation sites (tertiary alicyclic amines) is 1. The summed E-state index contributed by atoms with van der Waals surface area (Å²) in [4.78, 5) is 38.7. The number of carbonyl (C=O) groups is 3. The fraction of sp³-hybridized carbons (Fsp3) is 0.577. The molecule has 1 fully saturated rings. The maximum atomic E-state index is 12.9. The second-order valence-corrected chi connectivity index (χ2v) is 10.6. The number of carbonyl (C=O) groups excluding carboxylic acids is 2. The van der Waals surface area contributed by atoms with Crippen LogP contribution in [0.25, 0.3) is 0 Å². The highest BCUT2D eigenvalue weighted by atomic mass is 16.6. The van der Waals surface area contributed by atoms with Crippen molar-refractivity contribution in [3.8, 4) is 11.5 Å². The largest absolute Gasteiger partial charge is 0.493 e. The second kappa shape index (κ2) is 9.98. The number of nitrogens with zero attached hydrogens (tertiary/aromatic N) is 1. The molecule has 0 aromatic heterocycles. The van der Waals surface area contributed by atoms with E-state index in [1.54, 1.807) is 12.1 Å². The maximum Gasteiger partial charge on any atom is 0.345 e. The number of methoxy groups -OCH3 is 1. The molecule has 14 nitrogen and oxygen atoms in total. The molecule has 2 aliphatic heterocycles. The Balaban J connectivity index is 1.40. The van der Waals surface area contributed by atoms with E-state index in [4.69, 9.17) is 24.4 Å². The Hall–Kier alpha value is -3.27. The average molecular weight is 566 g/mol. The first-order valence-corrected chi connectivity index (χ1v) is 12.7. The van der Waals surface area contributed by atoms with E-state index < -0.39 is 66.1 Å². The van der Waals surface area contributed by atoms with Crippen molar-refractivity contribution < 1.29 is 64.0 Å². The molecule has 7 atom stereocenters. The maximum absolute atomic E-state index is 12.9. The summed E-state index contributed by atoms with van der Waals surface area (Å²) >= 11 is 0. The molecular formula is C26H31NO13. The van der Waals surface area contributed by atoms with Gasteiger partial charge >= 0.3 is 17.9 Å². The van der Waals surface area contributed by atoms with Crippen molar-refractivity contribution in [3.05, 3.63) is 35.1 Å². The van der Waals surface area contributed by atoms with Gasteiger partial charge in [0, 0.05) is 18.0 Å². The number of hydrogen-bond donors (Lipinski definition) is 6. The number of ether oxygens (including phenoxy) is 4. The molecule has 1 spiro atoms. The Morgan fingerprint density at radius 2 is 1.93 bits per heavy atom. The smallest absolute Gasteiger partial charge is 0.345 e. The third-order valence-electron chi connectivity index (χ3n) is 8.55. The van der Waals surface area contributed by atoms with Gasteiger partial charge in [-0.2, -0.15) is 0 Å². The predicted octanol–water partition coefficient (Wildman–Crippen LogP) is -2.06. The first-order chi connectivity index (χ1) is 18.9. The van der Waals surface area contributed by atoms with Gasteiger partial charge in [-0.1, -0.05) is 6.07 Å². The van der Waals surface area contributed by atoms with Gasteiger partial charge in [-0.05, 0) is 44.1 Å². The molecule has 6 N–H and O–H groups in total. The number of piperidine rings is 1. The third kappa shape index (κ3) is 4.05. The molecule has 0 radical (unpaired) electrons. The van der Waals surface area contributed by atoms with Crippen molar-refractivity contribution in [2.24, 2.45) is 0 Å². The van der Waals surface area contributed by atoms with Crippen molar-refractivity contribution in [2.45, 2.75) is 73.4 Å². The molecule has 2 aliphatic carbocycles. The lowest BCUT2D eigenvalue weighted by Crippen LogP contribution is -2.74. The number of hydrogen-bond acceptors (Lipinski definition) is 13. The Morgan fingerprint density at radius 1 is 1.20 bits per heavy atom. The van der Waals surface area contributed by atoms with Crippen molar-refractivity contribution in [1.29, 1.82) is 0 Å². The summed E-state index contributed by atoms with van der Waals surface area (Å²) in [6.07, 6.45) is -8.62. The number of aliphatic carboxylic acids is 1. The normalized spacial score (nSPS) is 30.4. The molecule has 5 rings (SSSR count). The molecule has 0 amide bonds. The van der Waals surface area contributed by atoms with Gasteiger partial charge in [0.25, 0.3) is 0 Å². The number of rotatable bonds is 9. The van der Waals surface area contributed by atoms with E-state index in [0.717, 1.165) is 11.1 Å². The van der Waals surface area contributed by atoms with E-state index in [1.807, 2.05) is 13.1 Å². The molecule has 1 aromatic rings. The number of carboxylic acid groups (broad SMARTS) is 1. The minimum atomic E-state index is -2.50. The Morgan fingerprint density at radius 3 is 2.58 bits per heavy atom. The predicted molar refractivity (Wildman–Crippen MR) is 130 cm³/mol. The van der Waals surface area contributed by atoms with Crippen LogP contribution >= 0.6 is 0 Å². The van der Waals surface area contributed by atoms with Gasteiger partial charge in [-0.3, -0.25) is 4.79 Å². The van der Waals surface area contributed by atoms with Crippen LogP contribution in [0, 0.1) is 0 Å². The molecule has 218 valence electrons. The van der Waals surface area contributed by atoms with Gasteiger partial charge in [-0.15, -0.1) is 0 Å². The molecule has 4 aliphatic rings. The van der Waals surface area contributed by atoms with Crippen molar-refractivity contribution in [2.75, 3.05) is 20.7 Å². The van der Waals surface area contributed by atoms with Gasteiger partial charge in [0.05, 0.1) is 24.5 Å². The molecule has 14 heteroatoms. The quantitative estimate of drug-likeness (QED) is 0.140. The van der Waals surface area contributed by atoms with E-state index in [-0.39, 0.29) is 18.2 Å². The van der Waals surface area contributed by atoms with Crippen LogP contribution in [-0.4, -0.2) is 116 Å². The molecule has 2 bridgehead atoms. The lowest BCUT2D eigenvalue weighted by Gasteiger charge is -2.61. The van der Waals surface area contributed by atoms with Crippen LogP contribution in [0.3, 0.4) is 0 Å². The van der Waals surface area contributed by atoms with E-state index in [0.29, 0.717) is 30.9 Å². The summed E-state index contributed by atoms with van der Waals surface area (Å²) in [5.74, 6) is -3.55.